The molecule has 1 atom stereocenters. The van der Waals surface area contributed by atoms with Crippen LogP contribution in [0, 0.1) is 17.2 Å². The standard InChI is InChI=1S/C20H21N3O3/c1-25-17-9-8-14(11-18(17)26-2)20(24)15-5-4-10-23(13-15)19-7-3-6-16(12-21)22-19/h3,6-9,11,15H,4-5,10,13H2,1-2H3/t15-/m0/s1. The molecule has 6 nitrogen and oxygen atoms in total. The molecule has 0 aliphatic carbocycles. The van der Waals surface area contributed by atoms with E-state index in [9.17, 15) is 4.79 Å². The van der Waals surface area contributed by atoms with Gasteiger partial charge in [0.05, 0.1) is 14.2 Å². The van der Waals surface area contributed by atoms with Crippen molar-refractivity contribution < 1.29 is 14.3 Å². The maximum Gasteiger partial charge on any atom is 0.167 e. The van der Waals surface area contributed by atoms with E-state index in [1.165, 1.54) is 0 Å². The zero-order chi connectivity index (χ0) is 18.5. The quantitative estimate of drug-likeness (QED) is 0.771. The Morgan fingerprint density at radius 3 is 2.77 bits per heavy atom. The summed E-state index contributed by atoms with van der Waals surface area (Å²) >= 11 is 0. The molecule has 1 aromatic carbocycles. The third kappa shape index (κ3) is 3.62. The zero-order valence-electron chi connectivity index (χ0n) is 14.9. The van der Waals surface area contributed by atoms with Gasteiger partial charge in [0.1, 0.15) is 17.6 Å². The second kappa shape index (κ2) is 7.87. The predicted molar refractivity (Wildman–Crippen MR) is 97.8 cm³/mol. The van der Waals surface area contributed by atoms with Crippen LogP contribution in [0.15, 0.2) is 36.4 Å². The van der Waals surface area contributed by atoms with Gasteiger partial charge < -0.3 is 14.4 Å². The number of pyridine rings is 1. The third-order valence-corrected chi connectivity index (χ3v) is 4.63. The summed E-state index contributed by atoms with van der Waals surface area (Å²) < 4.78 is 10.5. The molecule has 26 heavy (non-hydrogen) atoms. The molecule has 0 amide bonds. The molecular weight excluding hydrogens is 330 g/mol. The van der Waals surface area contributed by atoms with Gasteiger partial charge in [-0.25, -0.2) is 4.98 Å². The van der Waals surface area contributed by atoms with E-state index in [0.29, 0.717) is 29.3 Å². The van der Waals surface area contributed by atoms with Crippen LogP contribution in [-0.2, 0) is 0 Å². The van der Waals surface area contributed by atoms with Crippen LogP contribution in [0.4, 0.5) is 5.82 Å². The van der Waals surface area contributed by atoms with Gasteiger partial charge in [0.25, 0.3) is 0 Å². The van der Waals surface area contributed by atoms with E-state index >= 15 is 0 Å². The largest absolute Gasteiger partial charge is 0.493 e. The van der Waals surface area contributed by atoms with Gasteiger partial charge >= 0.3 is 0 Å². The number of anilines is 1. The number of rotatable bonds is 5. The first-order chi connectivity index (χ1) is 12.7. The number of hydrogen-bond acceptors (Lipinski definition) is 6. The van der Waals surface area contributed by atoms with E-state index in [1.54, 1.807) is 38.5 Å². The van der Waals surface area contributed by atoms with Crippen molar-refractivity contribution in [3.8, 4) is 17.6 Å². The van der Waals surface area contributed by atoms with Crippen molar-refractivity contribution in [2.75, 3.05) is 32.2 Å². The Hall–Kier alpha value is -3.07. The van der Waals surface area contributed by atoms with Gasteiger partial charge in [-0.15, -0.1) is 0 Å². The second-order valence-corrected chi connectivity index (χ2v) is 6.21. The SMILES string of the molecule is COc1ccc(C(=O)[C@H]2CCCN(c3cccc(C#N)n3)C2)cc1OC. The summed E-state index contributed by atoms with van der Waals surface area (Å²) in [6.07, 6.45) is 1.74. The summed E-state index contributed by atoms with van der Waals surface area (Å²) in [7, 11) is 3.13. The maximum absolute atomic E-state index is 13.0. The van der Waals surface area contributed by atoms with Gasteiger partial charge in [0, 0.05) is 24.6 Å². The van der Waals surface area contributed by atoms with Crippen molar-refractivity contribution in [3.05, 3.63) is 47.7 Å². The minimum atomic E-state index is -0.116. The molecule has 0 spiro atoms. The summed E-state index contributed by atoms with van der Waals surface area (Å²) in [5.41, 5.74) is 1.00. The molecule has 0 N–H and O–H groups in total. The summed E-state index contributed by atoms with van der Waals surface area (Å²) in [5, 5.41) is 9.03. The van der Waals surface area contributed by atoms with E-state index in [-0.39, 0.29) is 11.7 Å². The number of piperidine rings is 1. The fourth-order valence-electron chi connectivity index (χ4n) is 3.29. The highest BCUT2D eigenvalue weighted by atomic mass is 16.5. The summed E-state index contributed by atoms with van der Waals surface area (Å²) in [4.78, 5) is 19.4. The van der Waals surface area contributed by atoms with Crippen molar-refractivity contribution in [3.63, 3.8) is 0 Å². The maximum atomic E-state index is 13.0. The highest BCUT2D eigenvalue weighted by molar-refractivity contribution is 5.98. The third-order valence-electron chi connectivity index (χ3n) is 4.63. The van der Waals surface area contributed by atoms with Crippen LogP contribution >= 0.6 is 0 Å². The number of Topliss-reactive ketones (excluding diaryl/α,β-unsaturated/α-hetero) is 1. The molecular formula is C20H21N3O3. The highest BCUT2D eigenvalue weighted by Gasteiger charge is 2.28. The normalized spacial score (nSPS) is 16.7. The molecule has 3 rings (SSSR count). The lowest BCUT2D eigenvalue weighted by Crippen LogP contribution is -2.39. The number of aromatic nitrogens is 1. The molecule has 2 heterocycles. The van der Waals surface area contributed by atoms with Crippen LogP contribution < -0.4 is 14.4 Å². The molecule has 1 aliphatic rings. The minimum absolute atomic E-state index is 0.0899. The zero-order valence-corrected chi connectivity index (χ0v) is 14.9. The van der Waals surface area contributed by atoms with Gasteiger partial charge in [-0.2, -0.15) is 5.26 Å². The molecule has 1 aliphatic heterocycles. The fraction of sp³-hybridized carbons (Fsp3) is 0.350. The number of carbonyl (C=O) groups is 1. The molecule has 0 bridgehead atoms. The molecule has 1 fully saturated rings. The Morgan fingerprint density at radius 2 is 2.04 bits per heavy atom. The van der Waals surface area contributed by atoms with E-state index in [2.05, 4.69) is 16.0 Å². The fourth-order valence-corrected chi connectivity index (χ4v) is 3.29. The number of methoxy groups -OCH3 is 2. The van der Waals surface area contributed by atoms with Gasteiger partial charge in [-0.1, -0.05) is 6.07 Å². The smallest absolute Gasteiger partial charge is 0.167 e. The van der Waals surface area contributed by atoms with Crippen LogP contribution in [-0.4, -0.2) is 38.1 Å². The average molecular weight is 351 g/mol. The number of nitrogens with zero attached hydrogens (tertiary/aromatic N) is 3. The van der Waals surface area contributed by atoms with E-state index in [1.807, 2.05) is 12.1 Å². The molecule has 0 unspecified atom stereocenters. The van der Waals surface area contributed by atoms with Crippen molar-refractivity contribution in [1.82, 2.24) is 4.98 Å². The molecule has 0 radical (unpaired) electrons. The first-order valence-corrected chi connectivity index (χ1v) is 8.54. The van der Waals surface area contributed by atoms with Gasteiger partial charge in [-0.3, -0.25) is 4.79 Å². The highest BCUT2D eigenvalue weighted by Crippen LogP contribution is 2.30. The first kappa shape index (κ1) is 17.7. The Bertz CT molecular complexity index is 844. The topological polar surface area (TPSA) is 75.5 Å². The Kier molecular flexibility index (Phi) is 5.37. The van der Waals surface area contributed by atoms with E-state index in [0.717, 1.165) is 25.2 Å². The Balaban J connectivity index is 1.79. The lowest BCUT2D eigenvalue weighted by molar-refractivity contribution is 0.0906. The molecule has 6 heteroatoms. The lowest BCUT2D eigenvalue weighted by Gasteiger charge is -2.33. The monoisotopic (exact) mass is 351 g/mol. The van der Waals surface area contributed by atoms with E-state index < -0.39 is 0 Å². The van der Waals surface area contributed by atoms with Crippen LogP contribution in [0.2, 0.25) is 0 Å². The van der Waals surface area contributed by atoms with Crippen molar-refractivity contribution >= 4 is 11.6 Å². The lowest BCUT2D eigenvalue weighted by atomic mass is 9.90. The van der Waals surface area contributed by atoms with Crippen LogP contribution in [0.3, 0.4) is 0 Å². The van der Waals surface area contributed by atoms with Gasteiger partial charge in [-0.05, 0) is 43.2 Å². The van der Waals surface area contributed by atoms with Crippen molar-refractivity contribution in [2.24, 2.45) is 5.92 Å². The second-order valence-electron chi connectivity index (χ2n) is 6.21. The number of carbonyl (C=O) groups excluding carboxylic acids is 1. The molecule has 1 saturated heterocycles. The van der Waals surface area contributed by atoms with Gasteiger partial charge in [0.2, 0.25) is 0 Å². The van der Waals surface area contributed by atoms with Crippen LogP contribution in [0.25, 0.3) is 0 Å². The van der Waals surface area contributed by atoms with Crippen LogP contribution in [0.1, 0.15) is 28.9 Å². The summed E-state index contributed by atoms with van der Waals surface area (Å²) in [5.74, 6) is 1.87. The Morgan fingerprint density at radius 1 is 1.23 bits per heavy atom. The number of nitriles is 1. The summed E-state index contributed by atoms with van der Waals surface area (Å²) in [6.45, 7) is 1.42. The molecule has 0 saturated carbocycles. The van der Waals surface area contributed by atoms with Crippen molar-refractivity contribution in [2.45, 2.75) is 12.8 Å². The molecule has 2 aromatic rings. The molecule has 134 valence electrons. The van der Waals surface area contributed by atoms with E-state index in [4.69, 9.17) is 14.7 Å². The Labute approximate surface area is 153 Å². The van der Waals surface area contributed by atoms with Gasteiger partial charge in [0.15, 0.2) is 17.3 Å². The number of hydrogen-bond donors (Lipinski definition) is 0. The summed E-state index contributed by atoms with van der Waals surface area (Å²) in [6, 6.07) is 12.7. The minimum Gasteiger partial charge on any atom is -0.493 e. The van der Waals surface area contributed by atoms with Crippen molar-refractivity contribution in [1.29, 1.82) is 5.26 Å². The number of ketones is 1. The van der Waals surface area contributed by atoms with Crippen LogP contribution in [0.5, 0.6) is 11.5 Å². The predicted octanol–water partition coefficient (Wildman–Crippen LogP) is 3.07. The number of benzene rings is 1. The average Bonchev–Trinajstić information content (AvgIpc) is 2.72. The molecule has 1 aromatic heterocycles. The first-order valence-electron chi connectivity index (χ1n) is 8.54. The number of ether oxygens (including phenoxy) is 2.